The summed E-state index contributed by atoms with van der Waals surface area (Å²) in [5.41, 5.74) is 6.79. The first-order valence-corrected chi connectivity index (χ1v) is 6.88. The average molecular weight is 392 g/mol. The standard InChI is InChI=1S/C11H11ClIN5O/c12-7-1-2-10(9(13)3-7)15-11(19)6-18-5-8(4-14)16-17-18/h1-3,5H,4,6,14H2,(H,15,19). The zero-order chi connectivity index (χ0) is 13.8. The molecule has 0 aliphatic rings. The number of benzene rings is 1. The molecule has 6 nitrogen and oxygen atoms in total. The van der Waals surface area contributed by atoms with E-state index in [2.05, 4.69) is 38.2 Å². The lowest BCUT2D eigenvalue weighted by Crippen LogP contribution is -2.19. The number of anilines is 1. The van der Waals surface area contributed by atoms with Gasteiger partial charge in [0, 0.05) is 15.1 Å². The maximum atomic E-state index is 11.8. The molecule has 0 saturated heterocycles. The van der Waals surface area contributed by atoms with Crippen molar-refractivity contribution in [2.24, 2.45) is 5.73 Å². The van der Waals surface area contributed by atoms with Crippen molar-refractivity contribution in [3.05, 3.63) is 38.7 Å². The Balaban J connectivity index is 2.01. The Morgan fingerprint density at radius 1 is 1.53 bits per heavy atom. The minimum absolute atomic E-state index is 0.0890. The molecule has 0 aliphatic heterocycles. The maximum absolute atomic E-state index is 11.8. The zero-order valence-electron chi connectivity index (χ0n) is 9.81. The minimum Gasteiger partial charge on any atom is -0.325 e. The number of halogens is 2. The van der Waals surface area contributed by atoms with Gasteiger partial charge in [0.2, 0.25) is 5.91 Å². The Labute approximate surface area is 128 Å². The van der Waals surface area contributed by atoms with Gasteiger partial charge in [-0.15, -0.1) is 5.10 Å². The predicted molar refractivity (Wildman–Crippen MR) is 80.7 cm³/mol. The van der Waals surface area contributed by atoms with Crippen molar-refractivity contribution >= 4 is 45.8 Å². The van der Waals surface area contributed by atoms with Crippen molar-refractivity contribution in [2.45, 2.75) is 13.1 Å². The lowest BCUT2D eigenvalue weighted by atomic mass is 10.3. The molecule has 3 N–H and O–H groups in total. The van der Waals surface area contributed by atoms with Crippen molar-refractivity contribution in [3.63, 3.8) is 0 Å². The first-order valence-electron chi connectivity index (χ1n) is 5.42. The SMILES string of the molecule is NCc1cn(CC(=O)Nc2ccc(Cl)cc2I)nn1. The quantitative estimate of drug-likeness (QED) is 0.776. The van der Waals surface area contributed by atoms with Gasteiger partial charge >= 0.3 is 0 Å². The molecule has 1 aromatic carbocycles. The van der Waals surface area contributed by atoms with E-state index in [0.717, 1.165) is 3.57 Å². The molecule has 0 saturated carbocycles. The highest BCUT2D eigenvalue weighted by molar-refractivity contribution is 14.1. The monoisotopic (exact) mass is 391 g/mol. The average Bonchev–Trinajstić information content (AvgIpc) is 2.80. The summed E-state index contributed by atoms with van der Waals surface area (Å²) in [6.45, 7) is 0.391. The summed E-state index contributed by atoms with van der Waals surface area (Å²) in [5, 5.41) is 11.0. The Bertz CT molecular complexity index is 601. The van der Waals surface area contributed by atoms with E-state index in [1.807, 2.05) is 0 Å². The third-order valence-corrected chi connectivity index (χ3v) is 3.43. The van der Waals surface area contributed by atoms with Crippen LogP contribution in [0, 0.1) is 3.57 Å². The molecule has 0 bridgehead atoms. The fourth-order valence-corrected chi connectivity index (χ4v) is 2.44. The van der Waals surface area contributed by atoms with Crippen molar-refractivity contribution in [1.29, 1.82) is 0 Å². The molecule has 1 aromatic heterocycles. The van der Waals surface area contributed by atoms with Crippen LogP contribution in [0.3, 0.4) is 0 Å². The Hall–Kier alpha value is -1.19. The van der Waals surface area contributed by atoms with Gasteiger partial charge in [-0.25, -0.2) is 4.68 Å². The molecule has 0 fully saturated rings. The fraction of sp³-hybridized carbons (Fsp3) is 0.182. The summed E-state index contributed by atoms with van der Waals surface area (Å²) in [5.74, 6) is -0.186. The number of carbonyl (C=O) groups excluding carboxylic acids is 1. The number of nitrogens with two attached hydrogens (primary N) is 1. The van der Waals surface area contributed by atoms with Gasteiger partial charge in [0.05, 0.1) is 17.6 Å². The van der Waals surface area contributed by atoms with E-state index >= 15 is 0 Å². The molecule has 19 heavy (non-hydrogen) atoms. The van der Waals surface area contributed by atoms with E-state index in [-0.39, 0.29) is 12.5 Å². The third kappa shape index (κ3) is 3.88. The second-order valence-corrected chi connectivity index (χ2v) is 5.38. The number of hydrogen-bond acceptors (Lipinski definition) is 4. The van der Waals surface area contributed by atoms with E-state index in [1.54, 1.807) is 24.4 Å². The second-order valence-electron chi connectivity index (χ2n) is 3.78. The summed E-state index contributed by atoms with van der Waals surface area (Å²) in [6.07, 6.45) is 1.65. The van der Waals surface area contributed by atoms with Crippen LogP contribution in [0.4, 0.5) is 5.69 Å². The lowest BCUT2D eigenvalue weighted by Gasteiger charge is -2.07. The zero-order valence-corrected chi connectivity index (χ0v) is 12.7. The van der Waals surface area contributed by atoms with Crippen LogP contribution < -0.4 is 11.1 Å². The number of nitrogens with one attached hydrogen (secondary N) is 1. The van der Waals surface area contributed by atoms with Crippen LogP contribution in [-0.2, 0) is 17.9 Å². The molecule has 0 spiro atoms. The predicted octanol–water partition coefficient (Wildman–Crippen LogP) is 1.63. The van der Waals surface area contributed by atoms with Crippen LogP contribution in [0.2, 0.25) is 5.02 Å². The van der Waals surface area contributed by atoms with Gasteiger partial charge in [-0.3, -0.25) is 4.79 Å². The second kappa shape index (κ2) is 6.31. The number of hydrogen-bond donors (Lipinski definition) is 2. The molecule has 0 atom stereocenters. The van der Waals surface area contributed by atoms with Crippen molar-refractivity contribution in [1.82, 2.24) is 15.0 Å². The molecule has 1 heterocycles. The largest absolute Gasteiger partial charge is 0.325 e. The molecule has 100 valence electrons. The van der Waals surface area contributed by atoms with Gasteiger partial charge in [-0.1, -0.05) is 16.8 Å². The number of aromatic nitrogens is 3. The number of nitrogens with zero attached hydrogens (tertiary/aromatic N) is 3. The van der Waals surface area contributed by atoms with Crippen LogP contribution in [0.5, 0.6) is 0 Å². The molecular weight excluding hydrogens is 381 g/mol. The van der Waals surface area contributed by atoms with Crippen LogP contribution in [-0.4, -0.2) is 20.9 Å². The first-order chi connectivity index (χ1) is 9.08. The van der Waals surface area contributed by atoms with Gasteiger partial charge in [0.1, 0.15) is 6.54 Å². The van der Waals surface area contributed by atoms with Crippen molar-refractivity contribution in [3.8, 4) is 0 Å². The van der Waals surface area contributed by atoms with E-state index < -0.39 is 0 Å². The molecular formula is C11H11ClIN5O. The topological polar surface area (TPSA) is 85.8 Å². The molecule has 1 amide bonds. The number of rotatable bonds is 4. The van der Waals surface area contributed by atoms with E-state index in [0.29, 0.717) is 22.9 Å². The smallest absolute Gasteiger partial charge is 0.246 e. The number of carbonyl (C=O) groups is 1. The summed E-state index contributed by atoms with van der Waals surface area (Å²) < 4.78 is 2.32. The number of amides is 1. The molecule has 0 unspecified atom stereocenters. The van der Waals surface area contributed by atoms with Crippen LogP contribution in [0.25, 0.3) is 0 Å². The molecule has 2 rings (SSSR count). The molecule has 0 aliphatic carbocycles. The van der Waals surface area contributed by atoms with Gasteiger partial charge < -0.3 is 11.1 Å². The van der Waals surface area contributed by atoms with Crippen molar-refractivity contribution < 1.29 is 4.79 Å². The highest BCUT2D eigenvalue weighted by atomic mass is 127. The van der Waals surface area contributed by atoms with E-state index in [9.17, 15) is 4.79 Å². The van der Waals surface area contributed by atoms with Crippen molar-refractivity contribution in [2.75, 3.05) is 5.32 Å². The third-order valence-electron chi connectivity index (χ3n) is 2.31. The highest BCUT2D eigenvalue weighted by Crippen LogP contribution is 2.22. The lowest BCUT2D eigenvalue weighted by molar-refractivity contribution is -0.116. The maximum Gasteiger partial charge on any atom is 0.246 e. The van der Waals surface area contributed by atoms with E-state index in [1.165, 1.54) is 4.68 Å². The summed E-state index contributed by atoms with van der Waals surface area (Å²) in [4.78, 5) is 11.8. The minimum atomic E-state index is -0.186. The highest BCUT2D eigenvalue weighted by Gasteiger charge is 2.08. The Morgan fingerprint density at radius 3 is 2.95 bits per heavy atom. The first kappa shape index (κ1) is 14.2. The molecule has 0 radical (unpaired) electrons. The van der Waals surface area contributed by atoms with Gasteiger partial charge in [0.25, 0.3) is 0 Å². The van der Waals surface area contributed by atoms with Crippen LogP contribution in [0.15, 0.2) is 24.4 Å². The normalized spacial score (nSPS) is 10.5. The van der Waals surface area contributed by atoms with Crippen LogP contribution in [0.1, 0.15) is 5.69 Å². The van der Waals surface area contributed by atoms with Gasteiger partial charge in [-0.05, 0) is 40.8 Å². The van der Waals surface area contributed by atoms with Gasteiger partial charge in [-0.2, -0.15) is 0 Å². The summed E-state index contributed by atoms with van der Waals surface area (Å²) >= 11 is 7.96. The fourth-order valence-electron chi connectivity index (χ4n) is 1.44. The molecule has 2 aromatic rings. The summed E-state index contributed by atoms with van der Waals surface area (Å²) in [7, 11) is 0. The molecule has 8 heteroatoms. The Morgan fingerprint density at radius 2 is 2.32 bits per heavy atom. The summed E-state index contributed by atoms with van der Waals surface area (Å²) in [6, 6.07) is 5.26. The van der Waals surface area contributed by atoms with Gasteiger partial charge in [0.15, 0.2) is 0 Å². The Kier molecular flexibility index (Phi) is 4.72. The van der Waals surface area contributed by atoms with Crippen LogP contribution >= 0.6 is 34.2 Å². The van der Waals surface area contributed by atoms with E-state index in [4.69, 9.17) is 17.3 Å².